The van der Waals surface area contributed by atoms with Crippen LogP contribution in [0, 0.1) is 0 Å². The molecule has 3 rings (SSSR count). The molecule has 0 unspecified atom stereocenters. The Hall–Kier alpha value is -1.75. The molecule has 0 fully saturated rings. The lowest BCUT2D eigenvalue weighted by atomic mass is 10.1. The average molecular weight is 341 g/mol. The third-order valence-corrected chi connectivity index (χ3v) is 5.36. The molecule has 2 heterocycles. The van der Waals surface area contributed by atoms with Crippen LogP contribution in [0.4, 0.5) is 0 Å². The molecule has 1 atom stereocenters. The van der Waals surface area contributed by atoms with E-state index in [1.807, 2.05) is 29.0 Å². The maximum Gasteiger partial charge on any atom is 0.110 e. The zero-order valence-electron chi connectivity index (χ0n) is 13.1. The van der Waals surface area contributed by atoms with Gasteiger partial charge in [-0.2, -0.15) is 0 Å². The molecule has 0 spiro atoms. The van der Waals surface area contributed by atoms with Gasteiger partial charge in [0.1, 0.15) is 5.01 Å². The highest BCUT2D eigenvalue weighted by Crippen LogP contribution is 2.23. The molecule has 1 N–H and O–H groups in total. The molecule has 0 radical (unpaired) electrons. The lowest BCUT2D eigenvalue weighted by molar-refractivity contribution is 0.558. The zero-order valence-corrected chi connectivity index (χ0v) is 14.7. The van der Waals surface area contributed by atoms with E-state index in [0.29, 0.717) is 0 Å². The van der Waals surface area contributed by atoms with Gasteiger partial charge in [-0.25, -0.2) is 4.98 Å². The number of nitrogens with zero attached hydrogens (tertiary/aromatic N) is 1. The smallest absolute Gasteiger partial charge is 0.110 e. The van der Waals surface area contributed by atoms with Crippen molar-refractivity contribution in [2.45, 2.75) is 19.4 Å². The van der Waals surface area contributed by atoms with Crippen LogP contribution >= 0.6 is 22.7 Å². The monoisotopic (exact) mass is 340 g/mol. The quantitative estimate of drug-likeness (QED) is 0.641. The highest BCUT2D eigenvalue weighted by atomic mass is 32.1. The summed E-state index contributed by atoms with van der Waals surface area (Å²) in [6.07, 6.45) is 5.11. The minimum Gasteiger partial charge on any atom is -0.304 e. The summed E-state index contributed by atoms with van der Waals surface area (Å²) in [5.74, 6) is 0. The first-order valence-electron chi connectivity index (χ1n) is 7.68. The molecule has 118 valence electrons. The second kappa shape index (κ2) is 8.20. The van der Waals surface area contributed by atoms with Gasteiger partial charge in [-0.1, -0.05) is 48.0 Å². The first kappa shape index (κ1) is 16.1. The zero-order chi connectivity index (χ0) is 15.9. The Morgan fingerprint density at radius 1 is 1.13 bits per heavy atom. The van der Waals surface area contributed by atoms with Crippen LogP contribution in [0.1, 0.15) is 28.4 Å². The fourth-order valence-corrected chi connectivity index (χ4v) is 3.92. The Bertz CT molecular complexity index is 716. The molecule has 2 aromatic heterocycles. The van der Waals surface area contributed by atoms with Gasteiger partial charge >= 0.3 is 0 Å². The molecule has 0 saturated carbocycles. The molecule has 0 amide bonds. The van der Waals surface area contributed by atoms with E-state index < -0.39 is 0 Å². The van der Waals surface area contributed by atoms with Gasteiger partial charge in [0, 0.05) is 29.4 Å². The van der Waals surface area contributed by atoms with Crippen molar-refractivity contribution in [1.82, 2.24) is 10.3 Å². The Labute approximate surface area is 145 Å². The topological polar surface area (TPSA) is 24.9 Å². The van der Waals surface area contributed by atoms with E-state index in [0.717, 1.165) is 18.0 Å². The van der Waals surface area contributed by atoms with Crippen LogP contribution in [-0.2, 0) is 6.42 Å². The highest BCUT2D eigenvalue weighted by molar-refractivity contribution is 7.10. The fourth-order valence-electron chi connectivity index (χ4n) is 2.45. The van der Waals surface area contributed by atoms with Crippen molar-refractivity contribution >= 4 is 28.7 Å². The number of rotatable bonds is 7. The van der Waals surface area contributed by atoms with E-state index >= 15 is 0 Å². The second-order valence-corrected chi connectivity index (χ2v) is 7.45. The van der Waals surface area contributed by atoms with Gasteiger partial charge in [0.25, 0.3) is 0 Å². The van der Waals surface area contributed by atoms with E-state index in [1.165, 1.54) is 16.0 Å². The van der Waals surface area contributed by atoms with Crippen molar-refractivity contribution < 1.29 is 0 Å². The van der Waals surface area contributed by atoms with E-state index in [-0.39, 0.29) is 6.04 Å². The van der Waals surface area contributed by atoms with Crippen LogP contribution in [0.15, 0.2) is 65.0 Å². The molecule has 0 bridgehead atoms. The summed E-state index contributed by atoms with van der Waals surface area (Å²) in [6, 6.07) is 15.0. The number of nitrogens with one attached hydrogen (secondary N) is 1. The van der Waals surface area contributed by atoms with Gasteiger partial charge < -0.3 is 5.32 Å². The Balaban J connectivity index is 1.65. The summed E-state index contributed by atoms with van der Waals surface area (Å²) in [5, 5.41) is 9.01. The first-order valence-corrected chi connectivity index (χ1v) is 9.44. The fraction of sp³-hybridized carbons (Fsp3) is 0.211. The standard InChI is InChI=1S/C19H20N2S2/c1-15(12-16-6-3-2-4-7-16)14-21-18(19-20-9-11-23-19)13-17-8-5-10-22-17/h2-12,18,21H,13-14H2,1H3/b15-12+/t18-/m0/s1. The summed E-state index contributed by atoms with van der Waals surface area (Å²) in [4.78, 5) is 5.89. The molecular weight excluding hydrogens is 320 g/mol. The lowest BCUT2D eigenvalue weighted by Gasteiger charge is -2.16. The maximum atomic E-state index is 4.50. The van der Waals surface area contributed by atoms with Crippen molar-refractivity contribution in [3.8, 4) is 0 Å². The summed E-state index contributed by atoms with van der Waals surface area (Å²) >= 11 is 3.53. The molecule has 2 nitrogen and oxygen atoms in total. The molecule has 4 heteroatoms. The largest absolute Gasteiger partial charge is 0.304 e. The molecule has 23 heavy (non-hydrogen) atoms. The Kier molecular flexibility index (Phi) is 5.75. The minimum absolute atomic E-state index is 0.271. The molecular formula is C19H20N2S2. The number of hydrogen-bond donors (Lipinski definition) is 1. The third-order valence-electron chi connectivity index (χ3n) is 3.57. The minimum atomic E-state index is 0.271. The molecule has 0 aliphatic carbocycles. The molecule has 3 aromatic rings. The number of benzene rings is 1. The maximum absolute atomic E-state index is 4.50. The number of hydrogen-bond acceptors (Lipinski definition) is 4. The average Bonchev–Trinajstić information content (AvgIpc) is 3.26. The predicted octanol–water partition coefficient (Wildman–Crippen LogP) is 5.18. The molecule has 0 aliphatic heterocycles. The summed E-state index contributed by atoms with van der Waals surface area (Å²) < 4.78 is 0. The number of thiophene rings is 1. The summed E-state index contributed by atoms with van der Waals surface area (Å²) in [6.45, 7) is 3.04. The van der Waals surface area contributed by atoms with Crippen LogP contribution in [-0.4, -0.2) is 11.5 Å². The van der Waals surface area contributed by atoms with Gasteiger partial charge in [0.15, 0.2) is 0 Å². The van der Waals surface area contributed by atoms with Gasteiger partial charge in [-0.3, -0.25) is 0 Å². The van der Waals surface area contributed by atoms with Crippen molar-refractivity contribution in [2.24, 2.45) is 0 Å². The molecule has 0 aliphatic rings. The van der Waals surface area contributed by atoms with Crippen LogP contribution < -0.4 is 5.32 Å². The normalized spacial score (nSPS) is 13.2. The van der Waals surface area contributed by atoms with Crippen LogP contribution in [0.5, 0.6) is 0 Å². The van der Waals surface area contributed by atoms with Crippen molar-refractivity contribution in [2.75, 3.05) is 6.54 Å². The lowest BCUT2D eigenvalue weighted by Crippen LogP contribution is -2.24. The van der Waals surface area contributed by atoms with Gasteiger partial charge in [-0.15, -0.1) is 22.7 Å². The molecule has 1 aromatic carbocycles. The highest BCUT2D eigenvalue weighted by Gasteiger charge is 2.15. The van der Waals surface area contributed by atoms with Crippen LogP contribution in [0.25, 0.3) is 6.08 Å². The van der Waals surface area contributed by atoms with Gasteiger partial charge in [-0.05, 0) is 23.9 Å². The number of aromatic nitrogens is 1. The third kappa shape index (κ3) is 4.86. The predicted molar refractivity (Wildman–Crippen MR) is 101 cm³/mol. The van der Waals surface area contributed by atoms with E-state index in [2.05, 4.69) is 65.1 Å². The van der Waals surface area contributed by atoms with E-state index in [9.17, 15) is 0 Å². The number of thiazole rings is 1. The van der Waals surface area contributed by atoms with E-state index in [1.54, 1.807) is 11.3 Å². The van der Waals surface area contributed by atoms with Crippen molar-refractivity contribution in [1.29, 1.82) is 0 Å². The van der Waals surface area contributed by atoms with Gasteiger partial charge in [0.2, 0.25) is 0 Å². The van der Waals surface area contributed by atoms with E-state index in [4.69, 9.17) is 0 Å². The van der Waals surface area contributed by atoms with Crippen molar-refractivity contribution in [3.05, 3.63) is 80.4 Å². The van der Waals surface area contributed by atoms with Crippen molar-refractivity contribution in [3.63, 3.8) is 0 Å². The van der Waals surface area contributed by atoms with Crippen LogP contribution in [0.3, 0.4) is 0 Å². The SMILES string of the molecule is C/C(=C\c1ccccc1)CN[C@@H](Cc1cccs1)c1nccs1. The Morgan fingerprint density at radius 3 is 2.70 bits per heavy atom. The Morgan fingerprint density at radius 2 is 2.00 bits per heavy atom. The summed E-state index contributed by atoms with van der Waals surface area (Å²) in [5.41, 5.74) is 2.57. The molecule has 0 saturated heterocycles. The van der Waals surface area contributed by atoms with Gasteiger partial charge in [0.05, 0.1) is 6.04 Å². The second-order valence-electron chi connectivity index (χ2n) is 5.49. The van der Waals surface area contributed by atoms with Crippen LogP contribution in [0.2, 0.25) is 0 Å². The summed E-state index contributed by atoms with van der Waals surface area (Å²) in [7, 11) is 0. The first-order chi connectivity index (χ1) is 11.3.